The minimum absolute atomic E-state index is 0.317. The van der Waals surface area contributed by atoms with Crippen LogP contribution in [0.4, 0.5) is 0 Å². The van der Waals surface area contributed by atoms with E-state index in [0.717, 1.165) is 5.56 Å². The predicted octanol–water partition coefficient (Wildman–Crippen LogP) is 1.77. The average Bonchev–Trinajstić information content (AvgIpc) is 2.30. The van der Waals surface area contributed by atoms with Crippen molar-refractivity contribution in [2.24, 2.45) is 0 Å². The van der Waals surface area contributed by atoms with Gasteiger partial charge in [0.05, 0.1) is 19.8 Å². The van der Waals surface area contributed by atoms with Crippen molar-refractivity contribution in [2.75, 3.05) is 26.4 Å². The highest BCUT2D eigenvalue weighted by molar-refractivity contribution is 5.17. The second-order valence-corrected chi connectivity index (χ2v) is 3.20. The standard InChI is InChI=1S/C12H18O3/c1-2-14-8-9-15-10-12(13)11-6-4-3-5-7-11/h3-7,12-13H,2,8-10H2,1H3/t12-/m1/s1. The van der Waals surface area contributed by atoms with E-state index in [4.69, 9.17) is 9.47 Å². The summed E-state index contributed by atoms with van der Waals surface area (Å²) >= 11 is 0. The van der Waals surface area contributed by atoms with Gasteiger partial charge in [0, 0.05) is 6.61 Å². The molecule has 0 saturated carbocycles. The fourth-order valence-electron chi connectivity index (χ4n) is 1.23. The molecule has 1 atom stereocenters. The molecule has 1 aromatic carbocycles. The Bertz CT molecular complexity index is 248. The largest absolute Gasteiger partial charge is 0.386 e. The van der Waals surface area contributed by atoms with E-state index >= 15 is 0 Å². The number of aliphatic hydroxyl groups excluding tert-OH is 1. The lowest BCUT2D eigenvalue weighted by atomic mass is 10.1. The minimum Gasteiger partial charge on any atom is -0.386 e. The molecule has 3 nitrogen and oxygen atoms in total. The summed E-state index contributed by atoms with van der Waals surface area (Å²) in [7, 11) is 0. The van der Waals surface area contributed by atoms with Crippen LogP contribution in [-0.2, 0) is 9.47 Å². The van der Waals surface area contributed by atoms with Crippen molar-refractivity contribution in [3.05, 3.63) is 35.9 Å². The number of aliphatic hydroxyl groups is 1. The number of hydrogen-bond acceptors (Lipinski definition) is 3. The smallest absolute Gasteiger partial charge is 0.102 e. The molecule has 1 N–H and O–H groups in total. The molecule has 0 aliphatic rings. The van der Waals surface area contributed by atoms with E-state index in [9.17, 15) is 5.11 Å². The van der Waals surface area contributed by atoms with Gasteiger partial charge in [0.15, 0.2) is 0 Å². The van der Waals surface area contributed by atoms with Gasteiger partial charge in [-0.1, -0.05) is 30.3 Å². The average molecular weight is 210 g/mol. The van der Waals surface area contributed by atoms with Crippen LogP contribution in [0.3, 0.4) is 0 Å². The Balaban J connectivity index is 2.16. The molecule has 0 aromatic heterocycles. The van der Waals surface area contributed by atoms with Crippen LogP contribution in [0, 0.1) is 0 Å². The van der Waals surface area contributed by atoms with Crippen LogP contribution >= 0.6 is 0 Å². The van der Waals surface area contributed by atoms with Gasteiger partial charge < -0.3 is 14.6 Å². The monoisotopic (exact) mass is 210 g/mol. The quantitative estimate of drug-likeness (QED) is 0.697. The van der Waals surface area contributed by atoms with E-state index < -0.39 is 6.10 Å². The molecule has 0 heterocycles. The Morgan fingerprint density at radius 2 is 1.80 bits per heavy atom. The highest BCUT2D eigenvalue weighted by atomic mass is 16.5. The fraction of sp³-hybridized carbons (Fsp3) is 0.500. The van der Waals surface area contributed by atoms with Gasteiger partial charge in [-0.3, -0.25) is 0 Å². The lowest BCUT2D eigenvalue weighted by Crippen LogP contribution is -2.11. The Kier molecular flexibility index (Phi) is 6.00. The van der Waals surface area contributed by atoms with Gasteiger partial charge in [-0.25, -0.2) is 0 Å². The Hall–Kier alpha value is -0.900. The maximum Gasteiger partial charge on any atom is 0.102 e. The van der Waals surface area contributed by atoms with Crippen molar-refractivity contribution < 1.29 is 14.6 Å². The molecule has 0 aliphatic heterocycles. The Morgan fingerprint density at radius 3 is 2.47 bits per heavy atom. The van der Waals surface area contributed by atoms with Crippen LogP contribution in [0.15, 0.2) is 30.3 Å². The molecule has 0 radical (unpaired) electrons. The van der Waals surface area contributed by atoms with Crippen LogP contribution < -0.4 is 0 Å². The van der Waals surface area contributed by atoms with Gasteiger partial charge in [0.1, 0.15) is 6.10 Å². The molecule has 3 heteroatoms. The number of hydrogen-bond donors (Lipinski definition) is 1. The van der Waals surface area contributed by atoms with Crippen LogP contribution in [-0.4, -0.2) is 31.5 Å². The zero-order valence-corrected chi connectivity index (χ0v) is 9.06. The summed E-state index contributed by atoms with van der Waals surface area (Å²) in [6.45, 7) is 4.07. The maximum absolute atomic E-state index is 9.71. The molecule has 1 rings (SSSR count). The summed E-state index contributed by atoms with van der Waals surface area (Å²) in [5.74, 6) is 0. The lowest BCUT2D eigenvalue weighted by Gasteiger charge is -2.11. The van der Waals surface area contributed by atoms with Crippen molar-refractivity contribution in [3.8, 4) is 0 Å². The highest BCUT2D eigenvalue weighted by Gasteiger charge is 2.05. The molecule has 0 saturated heterocycles. The highest BCUT2D eigenvalue weighted by Crippen LogP contribution is 2.11. The van der Waals surface area contributed by atoms with E-state index in [2.05, 4.69) is 0 Å². The van der Waals surface area contributed by atoms with Gasteiger partial charge in [-0.15, -0.1) is 0 Å². The summed E-state index contributed by atoms with van der Waals surface area (Å²) in [4.78, 5) is 0. The second kappa shape index (κ2) is 7.40. The van der Waals surface area contributed by atoms with Crippen molar-refractivity contribution in [1.29, 1.82) is 0 Å². The Labute approximate surface area is 90.6 Å². The van der Waals surface area contributed by atoms with Gasteiger partial charge >= 0.3 is 0 Å². The lowest BCUT2D eigenvalue weighted by molar-refractivity contribution is 0.00531. The van der Waals surface area contributed by atoms with E-state index in [-0.39, 0.29) is 0 Å². The third kappa shape index (κ3) is 4.93. The third-order valence-corrected chi connectivity index (χ3v) is 2.04. The Morgan fingerprint density at radius 1 is 1.13 bits per heavy atom. The molecule has 1 aromatic rings. The van der Waals surface area contributed by atoms with Crippen LogP contribution in [0.2, 0.25) is 0 Å². The molecule has 15 heavy (non-hydrogen) atoms. The minimum atomic E-state index is -0.548. The van der Waals surface area contributed by atoms with Crippen molar-refractivity contribution in [2.45, 2.75) is 13.0 Å². The van der Waals surface area contributed by atoms with E-state index in [0.29, 0.717) is 26.4 Å². The number of rotatable bonds is 7. The molecule has 84 valence electrons. The van der Waals surface area contributed by atoms with Crippen molar-refractivity contribution >= 4 is 0 Å². The number of ether oxygens (including phenoxy) is 2. The first kappa shape index (κ1) is 12.2. The number of benzene rings is 1. The SMILES string of the molecule is CCOCCOC[C@@H](O)c1ccccc1. The zero-order valence-electron chi connectivity index (χ0n) is 9.06. The molecule has 0 amide bonds. The summed E-state index contributed by atoms with van der Waals surface area (Å²) < 4.78 is 10.4. The van der Waals surface area contributed by atoms with E-state index in [1.54, 1.807) is 0 Å². The molecule has 0 fully saturated rings. The normalized spacial score (nSPS) is 12.7. The molecular formula is C12H18O3. The molecule has 0 spiro atoms. The van der Waals surface area contributed by atoms with E-state index in [1.807, 2.05) is 37.3 Å². The van der Waals surface area contributed by atoms with Gasteiger partial charge in [-0.2, -0.15) is 0 Å². The summed E-state index contributed by atoms with van der Waals surface area (Å²) in [6.07, 6.45) is -0.548. The van der Waals surface area contributed by atoms with Crippen molar-refractivity contribution in [3.63, 3.8) is 0 Å². The predicted molar refractivity (Wildman–Crippen MR) is 58.7 cm³/mol. The summed E-state index contributed by atoms with van der Waals surface area (Å²) in [5.41, 5.74) is 0.883. The summed E-state index contributed by atoms with van der Waals surface area (Å²) in [5, 5.41) is 9.71. The molecular weight excluding hydrogens is 192 g/mol. The van der Waals surface area contributed by atoms with Gasteiger partial charge in [0.25, 0.3) is 0 Å². The second-order valence-electron chi connectivity index (χ2n) is 3.20. The first-order valence-electron chi connectivity index (χ1n) is 5.23. The topological polar surface area (TPSA) is 38.7 Å². The zero-order chi connectivity index (χ0) is 10.9. The van der Waals surface area contributed by atoms with E-state index in [1.165, 1.54) is 0 Å². The van der Waals surface area contributed by atoms with Crippen LogP contribution in [0.1, 0.15) is 18.6 Å². The van der Waals surface area contributed by atoms with Crippen LogP contribution in [0.5, 0.6) is 0 Å². The first-order valence-corrected chi connectivity index (χ1v) is 5.23. The van der Waals surface area contributed by atoms with Gasteiger partial charge in [0.2, 0.25) is 0 Å². The maximum atomic E-state index is 9.71. The van der Waals surface area contributed by atoms with Crippen molar-refractivity contribution in [1.82, 2.24) is 0 Å². The summed E-state index contributed by atoms with van der Waals surface area (Å²) in [6, 6.07) is 9.50. The first-order chi connectivity index (χ1) is 7.34. The third-order valence-electron chi connectivity index (χ3n) is 2.04. The molecule has 0 unspecified atom stereocenters. The fourth-order valence-corrected chi connectivity index (χ4v) is 1.23. The van der Waals surface area contributed by atoms with Crippen LogP contribution in [0.25, 0.3) is 0 Å². The molecule has 0 bridgehead atoms. The van der Waals surface area contributed by atoms with Gasteiger partial charge in [-0.05, 0) is 12.5 Å². The molecule has 0 aliphatic carbocycles.